The van der Waals surface area contributed by atoms with Gasteiger partial charge in [0, 0.05) is 21.5 Å². The molecule has 5 rings (SSSR count). The van der Waals surface area contributed by atoms with Gasteiger partial charge in [-0.15, -0.1) is 11.3 Å². The molecular weight excluding hydrogens is 406 g/mol. The number of fused-ring (bicyclic) bond motifs is 4. The lowest BCUT2D eigenvalue weighted by Crippen LogP contribution is -2.30. The maximum Gasteiger partial charge on any atom is 0.230 e. The lowest BCUT2D eigenvalue weighted by molar-refractivity contribution is -0.659. The Bertz CT molecular complexity index is 1500. The highest BCUT2D eigenvalue weighted by molar-refractivity contribution is 7.26. The zero-order valence-corrected chi connectivity index (χ0v) is 21.0. The lowest BCUT2D eigenvalue weighted by Gasteiger charge is -2.24. The van der Waals surface area contributed by atoms with Crippen LogP contribution in [0.1, 0.15) is 57.2 Å². The Morgan fingerprint density at radius 2 is 1.47 bits per heavy atom. The van der Waals surface area contributed by atoms with Gasteiger partial charge in [-0.2, -0.15) is 4.57 Å². The molecule has 2 heteroatoms. The van der Waals surface area contributed by atoms with E-state index in [1.807, 2.05) is 11.3 Å². The molecule has 0 fully saturated rings. The van der Waals surface area contributed by atoms with Gasteiger partial charge in [0.05, 0.1) is 5.56 Å². The van der Waals surface area contributed by atoms with Crippen LogP contribution in [0, 0.1) is 6.92 Å². The number of thiophene rings is 1. The third-order valence-electron chi connectivity index (χ3n) is 6.82. The molecular formula is C30H32NS+. The van der Waals surface area contributed by atoms with Crippen LogP contribution in [0.25, 0.3) is 42.2 Å². The van der Waals surface area contributed by atoms with Crippen LogP contribution in [0.2, 0.25) is 0 Å². The Morgan fingerprint density at radius 1 is 0.812 bits per heavy atom. The summed E-state index contributed by atoms with van der Waals surface area (Å²) < 4.78 is 5.13. The van der Waals surface area contributed by atoms with Gasteiger partial charge in [-0.05, 0) is 51.8 Å². The van der Waals surface area contributed by atoms with Crippen molar-refractivity contribution in [3.05, 3.63) is 77.5 Å². The van der Waals surface area contributed by atoms with E-state index in [1.54, 1.807) is 0 Å². The molecule has 0 atom stereocenters. The topological polar surface area (TPSA) is 3.88 Å². The monoisotopic (exact) mass is 438 g/mol. The average molecular weight is 439 g/mol. The van der Waals surface area contributed by atoms with E-state index in [9.17, 15) is 0 Å². The zero-order valence-electron chi connectivity index (χ0n) is 20.2. The Hall–Kier alpha value is -2.71. The number of aryl methyl sites for hydroxylation is 2. The highest BCUT2D eigenvalue weighted by Gasteiger charge is 2.26. The van der Waals surface area contributed by atoms with E-state index in [0.29, 0.717) is 5.92 Å². The summed E-state index contributed by atoms with van der Waals surface area (Å²) in [7, 11) is 2.19. The van der Waals surface area contributed by atoms with Crippen LogP contribution in [0.15, 0.2) is 60.8 Å². The highest BCUT2D eigenvalue weighted by Crippen LogP contribution is 2.44. The Morgan fingerprint density at radius 3 is 2.16 bits per heavy atom. The first-order valence-electron chi connectivity index (χ1n) is 11.6. The van der Waals surface area contributed by atoms with Gasteiger partial charge >= 0.3 is 0 Å². The van der Waals surface area contributed by atoms with Gasteiger partial charge in [0.15, 0.2) is 6.20 Å². The number of hydrogen-bond donors (Lipinski definition) is 0. The average Bonchev–Trinajstić information content (AvgIpc) is 3.12. The van der Waals surface area contributed by atoms with E-state index in [1.165, 1.54) is 58.9 Å². The van der Waals surface area contributed by atoms with Crippen molar-refractivity contribution in [1.82, 2.24) is 0 Å². The summed E-state index contributed by atoms with van der Waals surface area (Å²) in [6, 6.07) is 20.4. The van der Waals surface area contributed by atoms with Gasteiger partial charge < -0.3 is 0 Å². The van der Waals surface area contributed by atoms with Crippen molar-refractivity contribution in [2.24, 2.45) is 7.05 Å². The molecule has 0 aliphatic heterocycles. The fraction of sp³-hybridized carbons (Fsp3) is 0.300. The van der Waals surface area contributed by atoms with Crippen LogP contribution < -0.4 is 4.57 Å². The van der Waals surface area contributed by atoms with E-state index in [2.05, 4.69) is 114 Å². The molecule has 162 valence electrons. The van der Waals surface area contributed by atoms with E-state index in [-0.39, 0.29) is 5.41 Å². The summed E-state index contributed by atoms with van der Waals surface area (Å²) in [4.78, 5) is 0. The van der Waals surface area contributed by atoms with Crippen LogP contribution >= 0.6 is 11.3 Å². The van der Waals surface area contributed by atoms with Gasteiger partial charge in [0.25, 0.3) is 0 Å². The fourth-order valence-corrected chi connectivity index (χ4v) is 6.63. The second-order valence-electron chi connectivity index (χ2n) is 10.4. The van der Waals surface area contributed by atoms with Crippen molar-refractivity contribution in [2.75, 3.05) is 0 Å². The van der Waals surface area contributed by atoms with E-state index in [4.69, 9.17) is 0 Å². The van der Waals surface area contributed by atoms with Gasteiger partial charge in [0.1, 0.15) is 11.7 Å². The van der Waals surface area contributed by atoms with Crippen LogP contribution in [-0.4, -0.2) is 0 Å². The molecule has 0 radical (unpaired) electrons. The van der Waals surface area contributed by atoms with Gasteiger partial charge in [-0.3, -0.25) is 0 Å². The molecule has 32 heavy (non-hydrogen) atoms. The number of benzene rings is 3. The van der Waals surface area contributed by atoms with Crippen LogP contribution in [0.3, 0.4) is 0 Å². The summed E-state index contributed by atoms with van der Waals surface area (Å²) in [6.45, 7) is 13.8. The van der Waals surface area contributed by atoms with Crippen molar-refractivity contribution in [3.63, 3.8) is 0 Å². The number of aromatic nitrogens is 1. The molecule has 0 saturated heterocycles. The fourth-order valence-electron chi connectivity index (χ4n) is 5.08. The molecule has 0 saturated carbocycles. The maximum absolute atomic E-state index is 2.46. The Balaban J connectivity index is 1.94. The molecule has 0 bridgehead atoms. The largest absolute Gasteiger partial charge is 0.230 e. The summed E-state index contributed by atoms with van der Waals surface area (Å²) >= 11 is 1.96. The molecule has 0 spiro atoms. The van der Waals surface area contributed by atoms with Crippen molar-refractivity contribution in [1.29, 1.82) is 0 Å². The summed E-state index contributed by atoms with van der Waals surface area (Å²) in [5, 5.41) is 5.48. The second kappa shape index (κ2) is 7.42. The SMILES string of the molecule is Cc1c(-c2c3sc4c(C(C)C)cccc4c3cc[n+]2C)cc(C(C)(C)C)c2ccccc12. The van der Waals surface area contributed by atoms with Crippen LogP contribution in [-0.2, 0) is 12.5 Å². The normalized spacial score (nSPS) is 12.5. The van der Waals surface area contributed by atoms with Crippen LogP contribution in [0.4, 0.5) is 0 Å². The minimum absolute atomic E-state index is 0.0689. The third-order valence-corrected chi connectivity index (χ3v) is 8.09. The first kappa shape index (κ1) is 21.2. The molecule has 2 aromatic heterocycles. The molecule has 0 aliphatic carbocycles. The van der Waals surface area contributed by atoms with Crippen molar-refractivity contribution in [2.45, 2.75) is 52.9 Å². The second-order valence-corrected chi connectivity index (χ2v) is 11.4. The highest BCUT2D eigenvalue weighted by atomic mass is 32.1. The summed E-state index contributed by atoms with van der Waals surface area (Å²) in [6.07, 6.45) is 2.23. The Labute approximate surface area is 195 Å². The van der Waals surface area contributed by atoms with E-state index >= 15 is 0 Å². The number of hydrogen-bond acceptors (Lipinski definition) is 1. The number of rotatable bonds is 2. The van der Waals surface area contributed by atoms with E-state index in [0.717, 1.165) is 0 Å². The molecule has 1 nitrogen and oxygen atoms in total. The quantitative estimate of drug-likeness (QED) is 0.243. The lowest BCUT2D eigenvalue weighted by atomic mass is 9.80. The number of nitrogens with zero attached hydrogens (tertiary/aromatic N) is 1. The van der Waals surface area contributed by atoms with Crippen molar-refractivity contribution < 1.29 is 4.57 Å². The van der Waals surface area contributed by atoms with Crippen LogP contribution in [0.5, 0.6) is 0 Å². The molecule has 3 aromatic carbocycles. The van der Waals surface area contributed by atoms with Gasteiger partial charge in [-0.25, -0.2) is 0 Å². The first-order valence-corrected chi connectivity index (χ1v) is 12.4. The van der Waals surface area contributed by atoms with Gasteiger partial charge in [-0.1, -0.05) is 77.1 Å². The van der Waals surface area contributed by atoms with E-state index < -0.39 is 0 Å². The predicted molar refractivity (Wildman–Crippen MR) is 141 cm³/mol. The van der Waals surface area contributed by atoms with Crippen molar-refractivity contribution in [3.8, 4) is 11.3 Å². The molecule has 2 heterocycles. The summed E-state index contributed by atoms with van der Waals surface area (Å²) in [5.74, 6) is 0.513. The minimum atomic E-state index is 0.0689. The molecule has 0 N–H and O–H groups in total. The molecule has 5 aromatic rings. The first-order chi connectivity index (χ1) is 15.2. The molecule has 0 aliphatic rings. The molecule has 0 unspecified atom stereocenters. The van der Waals surface area contributed by atoms with Crippen molar-refractivity contribution >= 4 is 42.3 Å². The number of pyridine rings is 1. The van der Waals surface area contributed by atoms with Gasteiger partial charge in [0.2, 0.25) is 5.69 Å². The predicted octanol–water partition coefficient (Wildman–Crippen LogP) is 8.43. The minimum Gasteiger partial charge on any atom is -0.200 e. The maximum atomic E-state index is 2.46. The smallest absolute Gasteiger partial charge is 0.200 e. The Kier molecular flexibility index (Phi) is 4.90. The third kappa shape index (κ3) is 3.16. The standard InChI is InChI=1S/C30H32NS/c1-18(2)20-13-10-14-23-24-15-16-31(7)27(29(24)32-28(20)23)25-17-26(30(4,5)6)22-12-9-8-11-21(22)19(25)3/h8-18H,1-7H3/q+1. The summed E-state index contributed by atoms with van der Waals surface area (Å²) in [5.41, 5.74) is 6.96. The zero-order chi connectivity index (χ0) is 22.8. The molecule has 0 amide bonds.